The summed E-state index contributed by atoms with van der Waals surface area (Å²) in [5.41, 5.74) is 0.629. The number of anilines is 1. The molecular weight excluding hydrogens is 335 g/mol. The molecule has 1 saturated carbocycles. The predicted octanol–water partition coefficient (Wildman–Crippen LogP) is 4.18. The summed E-state index contributed by atoms with van der Waals surface area (Å²) in [4.78, 5) is 4.22. The molecule has 0 amide bonds. The summed E-state index contributed by atoms with van der Waals surface area (Å²) in [5, 5.41) is 6.60. The van der Waals surface area contributed by atoms with Crippen molar-refractivity contribution < 1.29 is 22.3 Å². The molecule has 2 unspecified atom stereocenters. The molecule has 0 saturated heterocycles. The molecule has 1 aromatic carbocycles. The Bertz CT molecular complexity index is 685. The first kappa shape index (κ1) is 17.6. The Labute approximate surface area is 143 Å². The van der Waals surface area contributed by atoms with Crippen molar-refractivity contribution in [3.63, 3.8) is 0 Å². The lowest BCUT2D eigenvalue weighted by atomic mass is 9.90. The average Bonchev–Trinajstić information content (AvgIpc) is 3.03. The van der Waals surface area contributed by atoms with Crippen molar-refractivity contribution in [1.82, 2.24) is 10.3 Å². The first-order valence-electron chi connectivity index (χ1n) is 8.20. The maximum absolute atomic E-state index is 12.2. The van der Waals surface area contributed by atoms with Gasteiger partial charge in [-0.2, -0.15) is 0 Å². The van der Waals surface area contributed by atoms with E-state index in [4.69, 9.17) is 4.42 Å². The van der Waals surface area contributed by atoms with Crippen molar-refractivity contribution >= 4 is 6.01 Å². The summed E-state index contributed by atoms with van der Waals surface area (Å²) in [6.07, 6.45) is 1.35. The molecule has 136 valence electrons. The van der Waals surface area contributed by atoms with Gasteiger partial charge in [0.25, 0.3) is 6.01 Å². The van der Waals surface area contributed by atoms with Crippen molar-refractivity contribution in [2.24, 2.45) is 0 Å². The van der Waals surface area contributed by atoms with Crippen molar-refractivity contribution in [3.05, 3.63) is 30.5 Å². The maximum Gasteiger partial charge on any atom is 0.573 e. The monoisotopic (exact) mass is 355 g/mol. The molecule has 1 aromatic heterocycles. The smallest absolute Gasteiger partial charge is 0.424 e. The van der Waals surface area contributed by atoms with E-state index in [0.29, 0.717) is 23.4 Å². The van der Waals surface area contributed by atoms with Gasteiger partial charge >= 0.3 is 6.36 Å². The Morgan fingerprint density at radius 3 is 2.44 bits per heavy atom. The molecule has 2 atom stereocenters. The molecule has 8 heteroatoms. The minimum atomic E-state index is -4.70. The number of hydrogen-bond donors (Lipinski definition) is 2. The van der Waals surface area contributed by atoms with Crippen LogP contribution < -0.4 is 15.4 Å². The van der Waals surface area contributed by atoms with E-state index in [2.05, 4.69) is 20.4 Å². The van der Waals surface area contributed by atoms with E-state index in [-0.39, 0.29) is 11.8 Å². The fourth-order valence-corrected chi connectivity index (χ4v) is 3.10. The van der Waals surface area contributed by atoms with Crippen LogP contribution in [0.1, 0.15) is 25.7 Å². The molecule has 2 N–H and O–H groups in total. The van der Waals surface area contributed by atoms with Gasteiger partial charge in [0.1, 0.15) is 5.75 Å². The number of oxazole rings is 1. The molecule has 5 nitrogen and oxygen atoms in total. The molecule has 0 aliphatic heterocycles. The first-order chi connectivity index (χ1) is 11.9. The van der Waals surface area contributed by atoms with E-state index in [9.17, 15) is 13.2 Å². The van der Waals surface area contributed by atoms with Crippen molar-refractivity contribution in [2.45, 2.75) is 44.1 Å². The number of nitrogens with one attached hydrogen (secondary N) is 2. The maximum atomic E-state index is 12.2. The van der Waals surface area contributed by atoms with Gasteiger partial charge < -0.3 is 19.8 Å². The molecule has 0 bridgehead atoms. The number of aromatic nitrogens is 1. The Hall–Kier alpha value is -2.22. The van der Waals surface area contributed by atoms with Gasteiger partial charge in [0.15, 0.2) is 5.76 Å². The molecule has 25 heavy (non-hydrogen) atoms. The molecule has 2 aromatic rings. The van der Waals surface area contributed by atoms with E-state index >= 15 is 0 Å². The number of hydrogen-bond acceptors (Lipinski definition) is 5. The van der Waals surface area contributed by atoms with E-state index in [0.717, 1.165) is 19.3 Å². The minimum Gasteiger partial charge on any atom is -0.424 e. The van der Waals surface area contributed by atoms with Crippen molar-refractivity contribution in [2.75, 3.05) is 12.4 Å². The van der Waals surface area contributed by atoms with E-state index in [1.807, 2.05) is 7.05 Å². The third-order valence-electron chi connectivity index (χ3n) is 4.32. The summed E-state index contributed by atoms with van der Waals surface area (Å²) in [5.74, 6) is 0.214. The fraction of sp³-hybridized carbons (Fsp3) is 0.471. The topological polar surface area (TPSA) is 59.3 Å². The van der Waals surface area contributed by atoms with Gasteiger partial charge in [-0.25, -0.2) is 4.98 Å². The van der Waals surface area contributed by atoms with Crippen LogP contribution in [0.3, 0.4) is 0 Å². The number of halogens is 3. The SMILES string of the molecule is CNC1CCCCC1Nc1ncc(-c2ccc(OC(F)(F)F)cc2)o1. The lowest BCUT2D eigenvalue weighted by Gasteiger charge is -2.31. The van der Waals surface area contributed by atoms with Crippen molar-refractivity contribution in [1.29, 1.82) is 0 Å². The Morgan fingerprint density at radius 2 is 1.80 bits per heavy atom. The third kappa shape index (κ3) is 4.66. The average molecular weight is 355 g/mol. The summed E-state index contributed by atoms with van der Waals surface area (Å²) in [6, 6.07) is 6.52. The van der Waals surface area contributed by atoms with Gasteiger partial charge in [-0.15, -0.1) is 13.2 Å². The standard InChI is InChI=1S/C17H20F3N3O2/c1-21-13-4-2-3-5-14(13)23-16-22-10-15(24-16)11-6-8-12(9-7-11)25-17(18,19)20/h6-10,13-14,21H,2-5H2,1H3,(H,22,23). The number of likely N-dealkylation sites (N-methyl/N-ethyl adjacent to an activating group) is 1. The normalized spacial score (nSPS) is 21.1. The second-order valence-electron chi connectivity index (χ2n) is 6.03. The quantitative estimate of drug-likeness (QED) is 0.842. The molecule has 1 fully saturated rings. The molecule has 0 spiro atoms. The van der Waals surface area contributed by atoms with Crippen LogP contribution in [-0.2, 0) is 0 Å². The van der Waals surface area contributed by atoms with E-state index < -0.39 is 6.36 Å². The van der Waals surface area contributed by atoms with Gasteiger partial charge in [-0.3, -0.25) is 0 Å². The highest BCUT2D eigenvalue weighted by atomic mass is 19.4. The summed E-state index contributed by atoms with van der Waals surface area (Å²) in [6.45, 7) is 0. The molecule has 1 heterocycles. The highest BCUT2D eigenvalue weighted by Gasteiger charge is 2.31. The highest BCUT2D eigenvalue weighted by Crippen LogP contribution is 2.29. The lowest BCUT2D eigenvalue weighted by Crippen LogP contribution is -2.44. The summed E-state index contributed by atoms with van der Waals surface area (Å²) >= 11 is 0. The first-order valence-corrected chi connectivity index (χ1v) is 8.20. The molecule has 1 aliphatic rings. The van der Waals surface area contributed by atoms with Crippen LogP contribution in [0.2, 0.25) is 0 Å². The lowest BCUT2D eigenvalue weighted by molar-refractivity contribution is -0.274. The fourth-order valence-electron chi connectivity index (χ4n) is 3.10. The summed E-state index contributed by atoms with van der Waals surface area (Å²) < 4.78 is 46.1. The van der Waals surface area contributed by atoms with Crippen LogP contribution in [0, 0.1) is 0 Å². The van der Waals surface area contributed by atoms with Gasteiger partial charge in [0.2, 0.25) is 0 Å². The zero-order valence-electron chi connectivity index (χ0n) is 13.8. The largest absolute Gasteiger partial charge is 0.573 e. The minimum absolute atomic E-state index is 0.243. The van der Waals surface area contributed by atoms with Crippen LogP contribution in [0.15, 0.2) is 34.9 Å². The Kier molecular flexibility index (Phi) is 5.17. The molecule has 1 aliphatic carbocycles. The van der Waals surface area contributed by atoms with E-state index in [1.54, 1.807) is 6.20 Å². The molecule has 0 radical (unpaired) electrons. The van der Waals surface area contributed by atoms with Gasteiger partial charge in [0.05, 0.1) is 6.20 Å². The number of benzene rings is 1. The Balaban J connectivity index is 1.66. The van der Waals surface area contributed by atoms with Gasteiger partial charge in [-0.05, 0) is 44.2 Å². The number of nitrogens with zero attached hydrogens (tertiary/aromatic N) is 1. The van der Waals surface area contributed by atoms with E-state index in [1.165, 1.54) is 30.7 Å². The van der Waals surface area contributed by atoms with Crippen LogP contribution in [0.4, 0.5) is 19.2 Å². The highest BCUT2D eigenvalue weighted by molar-refractivity contribution is 5.58. The van der Waals surface area contributed by atoms with Crippen LogP contribution in [0.25, 0.3) is 11.3 Å². The second kappa shape index (κ2) is 7.35. The summed E-state index contributed by atoms with van der Waals surface area (Å²) in [7, 11) is 1.94. The van der Waals surface area contributed by atoms with Crippen molar-refractivity contribution in [3.8, 4) is 17.1 Å². The number of ether oxygens (including phenoxy) is 1. The number of alkyl halides is 3. The van der Waals surface area contributed by atoms with Gasteiger partial charge in [-0.1, -0.05) is 12.8 Å². The molecular formula is C17H20F3N3O2. The molecule has 3 rings (SSSR count). The number of rotatable bonds is 5. The second-order valence-corrected chi connectivity index (χ2v) is 6.03. The zero-order chi connectivity index (χ0) is 17.9. The zero-order valence-corrected chi connectivity index (χ0v) is 13.8. The van der Waals surface area contributed by atoms with Crippen LogP contribution in [-0.4, -0.2) is 30.5 Å². The Morgan fingerprint density at radius 1 is 1.12 bits per heavy atom. The predicted molar refractivity (Wildman–Crippen MR) is 87.3 cm³/mol. The third-order valence-corrected chi connectivity index (χ3v) is 4.32. The van der Waals surface area contributed by atoms with Gasteiger partial charge in [0, 0.05) is 17.6 Å². The van der Waals surface area contributed by atoms with Crippen LogP contribution in [0.5, 0.6) is 5.75 Å². The van der Waals surface area contributed by atoms with Crippen LogP contribution >= 0.6 is 0 Å².